The van der Waals surface area contributed by atoms with E-state index in [9.17, 15) is 0 Å². The molecule has 0 saturated carbocycles. The van der Waals surface area contributed by atoms with Gasteiger partial charge in [-0.15, -0.1) is 0 Å². The number of hydrogen-bond acceptors (Lipinski definition) is 0. The van der Waals surface area contributed by atoms with Crippen molar-refractivity contribution in [2.24, 2.45) is 0 Å². The van der Waals surface area contributed by atoms with Crippen molar-refractivity contribution >= 4 is 43.1 Å². The van der Waals surface area contributed by atoms with Crippen molar-refractivity contribution in [3.63, 3.8) is 0 Å². The summed E-state index contributed by atoms with van der Waals surface area (Å²) >= 11 is 0. The van der Waals surface area contributed by atoms with Gasteiger partial charge in [0, 0.05) is 0 Å². The summed E-state index contributed by atoms with van der Waals surface area (Å²) in [6.45, 7) is 13.5. The van der Waals surface area contributed by atoms with Crippen LogP contribution in [-0.2, 0) is 0 Å². The monoisotopic (exact) mass is 336 g/mol. The van der Waals surface area contributed by atoms with Crippen molar-refractivity contribution in [2.45, 2.75) is 41.5 Å². The van der Waals surface area contributed by atoms with Gasteiger partial charge in [-0.1, -0.05) is 36.4 Å². The predicted molar refractivity (Wildman–Crippen MR) is 116 cm³/mol. The Bertz CT molecular complexity index is 1270. The van der Waals surface area contributed by atoms with Crippen LogP contribution in [0.4, 0.5) is 0 Å². The molecule has 0 bridgehead atoms. The zero-order valence-corrected chi connectivity index (χ0v) is 16.5. The van der Waals surface area contributed by atoms with E-state index in [1.807, 2.05) is 0 Å². The van der Waals surface area contributed by atoms with E-state index in [0.717, 1.165) is 0 Å². The van der Waals surface area contributed by atoms with E-state index < -0.39 is 0 Å². The minimum atomic E-state index is 1.37. The van der Waals surface area contributed by atoms with E-state index in [1.54, 1.807) is 0 Å². The lowest BCUT2D eigenvalue weighted by atomic mass is 9.82. The first kappa shape index (κ1) is 15.6. The Kier molecular flexibility index (Phi) is 2.99. The van der Waals surface area contributed by atoms with Crippen molar-refractivity contribution < 1.29 is 0 Å². The first-order valence-electron chi connectivity index (χ1n) is 9.48. The molecule has 0 aliphatic rings. The van der Waals surface area contributed by atoms with Crippen LogP contribution < -0.4 is 0 Å². The molecule has 0 atom stereocenters. The van der Waals surface area contributed by atoms with Gasteiger partial charge in [-0.25, -0.2) is 0 Å². The summed E-state index contributed by atoms with van der Waals surface area (Å²) in [6, 6.07) is 14.0. The van der Waals surface area contributed by atoms with Crippen LogP contribution in [0.15, 0.2) is 36.4 Å². The molecule has 0 saturated heterocycles. The average Bonchev–Trinajstić information content (AvgIpc) is 2.57. The molecule has 0 unspecified atom stereocenters. The van der Waals surface area contributed by atoms with Crippen LogP contribution in [0.2, 0.25) is 0 Å². The summed E-state index contributed by atoms with van der Waals surface area (Å²) < 4.78 is 0. The number of benzene rings is 5. The summed E-state index contributed by atoms with van der Waals surface area (Å²) in [4.78, 5) is 0. The van der Waals surface area contributed by atoms with Gasteiger partial charge in [0.25, 0.3) is 0 Å². The Hall–Kier alpha value is -2.60. The molecule has 0 radical (unpaired) electrons. The second kappa shape index (κ2) is 4.98. The topological polar surface area (TPSA) is 0 Å². The normalized spacial score (nSPS) is 12.2. The van der Waals surface area contributed by atoms with Gasteiger partial charge in [0.2, 0.25) is 0 Å². The molecular weight excluding hydrogens is 312 g/mol. The van der Waals surface area contributed by atoms with Crippen molar-refractivity contribution in [3.05, 3.63) is 69.8 Å². The maximum atomic E-state index is 2.37. The number of aryl methyl sites for hydroxylation is 6. The Morgan fingerprint density at radius 1 is 0.346 bits per heavy atom. The molecular formula is C26H24. The van der Waals surface area contributed by atoms with E-state index in [-0.39, 0.29) is 0 Å². The fourth-order valence-corrected chi connectivity index (χ4v) is 5.39. The largest absolute Gasteiger partial charge is 0.0581 e. The molecule has 26 heavy (non-hydrogen) atoms. The van der Waals surface area contributed by atoms with E-state index in [2.05, 4.69) is 77.9 Å². The molecule has 5 aromatic carbocycles. The van der Waals surface area contributed by atoms with Gasteiger partial charge in [-0.05, 0) is 118 Å². The molecule has 0 aliphatic carbocycles. The van der Waals surface area contributed by atoms with Crippen LogP contribution in [0.3, 0.4) is 0 Å². The first-order valence-corrected chi connectivity index (χ1v) is 9.48. The van der Waals surface area contributed by atoms with Crippen LogP contribution in [-0.4, -0.2) is 0 Å². The Morgan fingerprint density at radius 2 is 0.731 bits per heavy atom. The molecule has 0 amide bonds. The molecule has 0 spiro atoms. The summed E-state index contributed by atoms with van der Waals surface area (Å²) in [7, 11) is 0. The highest BCUT2D eigenvalue weighted by Gasteiger charge is 2.19. The molecule has 0 heterocycles. The second-order valence-corrected chi connectivity index (χ2v) is 8.13. The minimum Gasteiger partial charge on any atom is -0.0581 e. The van der Waals surface area contributed by atoms with Crippen molar-refractivity contribution in [3.8, 4) is 0 Å². The van der Waals surface area contributed by atoms with Crippen LogP contribution in [0.25, 0.3) is 43.1 Å². The lowest BCUT2D eigenvalue weighted by molar-refractivity contribution is 1.41. The fraction of sp³-hybridized carbons (Fsp3) is 0.231. The molecule has 0 N–H and O–H groups in total. The second-order valence-electron chi connectivity index (χ2n) is 8.13. The molecule has 5 rings (SSSR count). The van der Waals surface area contributed by atoms with E-state index in [1.165, 1.54) is 76.5 Å². The Labute approximate surface area is 154 Å². The van der Waals surface area contributed by atoms with E-state index >= 15 is 0 Å². The van der Waals surface area contributed by atoms with E-state index in [0.29, 0.717) is 0 Å². The van der Waals surface area contributed by atoms with Crippen LogP contribution in [0, 0.1) is 41.5 Å². The fourth-order valence-electron chi connectivity index (χ4n) is 5.39. The first-order chi connectivity index (χ1) is 12.4. The van der Waals surface area contributed by atoms with Crippen molar-refractivity contribution in [1.29, 1.82) is 0 Å². The highest BCUT2D eigenvalue weighted by atomic mass is 14.2. The smallest absolute Gasteiger partial charge is 0.00157 e. The summed E-state index contributed by atoms with van der Waals surface area (Å²) in [5.41, 5.74) is 8.30. The van der Waals surface area contributed by atoms with Crippen LogP contribution in [0.1, 0.15) is 33.4 Å². The summed E-state index contributed by atoms with van der Waals surface area (Å²) in [5.74, 6) is 0. The SMILES string of the molecule is Cc1ccc2c3c(C)cc(C)c4c(C)cc(C)c(c5ccc(C)c1c25)c43. The highest BCUT2D eigenvalue weighted by molar-refractivity contribution is 6.35. The molecule has 0 aliphatic heterocycles. The number of hydrogen-bond donors (Lipinski definition) is 0. The third-order valence-electron chi connectivity index (χ3n) is 6.31. The number of fused-ring (bicyclic) bond motifs is 2. The maximum absolute atomic E-state index is 2.37. The highest BCUT2D eigenvalue weighted by Crippen LogP contribution is 2.45. The van der Waals surface area contributed by atoms with Crippen LogP contribution >= 0.6 is 0 Å². The van der Waals surface area contributed by atoms with Crippen molar-refractivity contribution in [1.82, 2.24) is 0 Å². The maximum Gasteiger partial charge on any atom is -0.00157 e. The van der Waals surface area contributed by atoms with Gasteiger partial charge in [-0.3, -0.25) is 0 Å². The van der Waals surface area contributed by atoms with Gasteiger partial charge >= 0.3 is 0 Å². The van der Waals surface area contributed by atoms with Gasteiger partial charge < -0.3 is 0 Å². The van der Waals surface area contributed by atoms with Gasteiger partial charge in [0.15, 0.2) is 0 Å². The molecule has 5 aromatic rings. The van der Waals surface area contributed by atoms with Crippen LogP contribution in [0.5, 0.6) is 0 Å². The zero-order chi connectivity index (χ0) is 18.3. The average molecular weight is 336 g/mol. The minimum absolute atomic E-state index is 1.37. The third kappa shape index (κ3) is 1.75. The van der Waals surface area contributed by atoms with E-state index in [4.69, 9.17) is 0 Å². The standard InChI is InChI=1S/C26H24/c1-13-7-9-19-23-17(5)11-15(3)22-16(4)12-18(6)24(26(22)23)20-10-8-14(2)21(13)25(19)20/h7-12H,1-6H3. The quantitative estimate of drug-likeness (QED) is 0.202. The van der Waals surface area contributed by atoms with Gasteiger partial charge in [-0.2, -0.15) is 0 Å². The predicted octanol–water partition coefficient (Wildman–Crippen LogP) is 7.59. The lowest BCUT2D eigenvalue weighted by Crippen LogP contribution is -1.96. The molecule has 0 aromatic heterocycles. The molecule has 128 valence electrons. The molecule has 0 nitrogen and oxygen atoms in total. The summed E-state index contributed by atoms with van der Waals surface area (Å²) in [5, 5.41) is 11.5. The van der Waals surface area contributed by atoms with Crippen molar-refractivity contribution in [2.75, 3.05) is 0 Å². The molecule has 0 fully saturated rings. The van der Waals surface area contributed by atoms with Gasteiger partial charge in [0.05, 0.1) is 0 Å². The lowest BCUT2D eigenvalue weighted by Gasteiger charge is -2.21. The number of rotatable bonds is 0. The summed E-state index contributed by atoms with van der Waals surface area (Å²) in [6.07, 6.45) is 0. The zero-order valence-electron chi connectivity index (χ0n) is 16.5. The molecule has 0 heteroatoms. The Balaban J connectivity index is 2.32. The van der Waals surface area contributed by atoms with Gasteiger partial charge in [0.1, 0.15) is 0 Å². The Morgan fingerprint density at radius 3 is 1.19 bits per heavy atom. The third-order valence-corrected chi connectivity index (χ3v) is 6.31.